The van der Waals surface area contributed by atoms with Gasteiger partial charge in [0.1, 0.15) is 23.1 Å². The summed E-state index contributed by atoms with van der Waals surface area (Å²) in [7, 11) is -1.89. The molecule has 2 aromatic heterocycles. The lowest BCUT2D eigenvalue weighted by atomic mass is 9.98. The lowest BCUT2D eigenvalue weighted by Gasteiger charge is -2.18. The second kappa shape index (κ2) is 11.9. The van der Waals surface area contributed by atoms with Gasteiger partial charge >= 0.3 is 5.76 Å². The van der Waals surface area contributed by atoms with Crippen LogP contribution in [0, 0.1) is 11.6 Å². The van der Waals surface area contributed by atoms with Crippen LogP contribution in [-0.4, -0.2) is 49.2 Å². The maximum atomic E-state index is 14.8. The van der Waals surface area contributed by atoms with Crippen molar-refractivity contribution in [1.29, 1.82) is 0 Å². The minimum absolute atomic E-state index is 0.0127. The molecule has 14 heteroatoms. The summed E-state index contributed by atoms with van der Waals surface area (Å²) in [5.41, 5.74) is 1.35. The lowest BCUT2D eigenvalue weighted by molar-refractivity contribution is 0.0764. The van der Waals surface area contributed by atoms with E-state index in [0.29, 0.717) is 34.0 Å². The molecule has 3 heterocycles. The molecular weight excluding hydrogens is 592 g/mol. The summed E-state index contributed by atoms with van der Waals surface area (Å²) in [6.07, 6.45) is 1.04. The topological polar surface area (TPSA) is 111 Å². The van der Waals surface area contributed by atoms with Gasteiger partial charge in [-0.3, -0.25) is 14.5 Å². The Morgan fingerprint density at radius 3 is 2.35 bits per heavy atom. The molecule has 2 aromatic carbocycles. The van der Waals surface area contributed by atoms with Crippen molar-refractivity contribution in [2.75, 3.05) is 18.9 Å². The number of nitrogens with zero attached hydrogens (tertiary/aromatic N) is 3. The number of nitrogens with one attached hydrogen (secondary N) is 1. The molecule has 5 rings (SSSR count). The first-order valence-corrected chi connectivity index (χ1v) is 14.3. The van der Waals surface area contributed by atoms with Crippen molar-refractivity contribution in [1.82, 2.24) is 14.9 Å². The van der Waals surface area contributed by atoms with Gasteiger partial charge in [0.25, 0.3) is 15.9 Å². The summed E-state index contributed by atoms with van der Waals surface area (Å²) >= 11 is 0. The molecule has 0 atom stereocenters. The number of benzene rings is 2. The van der Waals surface area contributed by atoms with Crippen LogP contribution in [0.15, 0.2) is 60.8 Å². The molecule has 43 heavy (non-hydrogen) atoms. The van der Waals surface area contributed by atoms with Gasteiger partial charge < -0.3 is 14.4 Å². The van der Waals surface area contributed by atoms with Gasteiger partial charge in [0, 0.05) is 23.7 Å². The Morgan fingerprint density at radius 1 is 0.977 bits per heavy atom. The van der Waals surface area contributed by atoms with E-state index in [1.54, 1.807) is 22.9 Å². The van der Waals surface area contributed by atoms with Crippen LogP contribution in [0.4, 0.5) is 23.2 Å². The minimum Gasteiger partial charge on any atom is -0.497 e. The first-order valence-electron chi connectivity index (χ1n) is 12.7. The van der Waals surface area contributed by atoms with Gasteiger partial charge in [-0.2, -0.15) is 8.78 Å². The van der Waals surface area contributed by atoms with Crippen LogP contribution in [0.2, 0.25) is 0 Å². The number of hydrogen-bond donors (Lipinski definition) is 1. The number of ether oxygens (including phenoxy) is 2. The third kappa shape index (κ3) is 6.09. The van der Waals surface area contributed by atoms with E-state index in [9.17, 15) is 30.8 Å². The van der Waals surface area contributed by atoms with Gasteiger partial charge in [0.15, 0.2) is 0 Å². The van der Waals surface area contributed by atoms with Gasteiger partial charge in [-0.1, -0.05) is 6.07 Å². The van der Waals surface area contributed by atoms with Crippen molar-refractivity contribution in [2.45, 2.75) is 25.3 Å². The van der Waals surface area contributed by atoms with E-state index in [1.807, 2.05) is 0 Å². The maximum Gasteiger partial charge on any atom is 0.355 e. The number of hydrogen-bond acceptors (Lipinski definition) is 7. The zero-order chi connectivity index (χ0) is 30.9. The number of carbonyl (C=O) groups is 1. The summed E-state index contributed by atoms with van der Waals surface area (Å²) in [4.78, 5) is 23.8. The highest BCUT2D eigenvalue weighted by molar-refractivity contribution is 7.93. The van der Waals surface area contributed by atoms with E-state index in [-0.39, 0.29) is 47.9 Å². The summed E-state index contributed by atoms with van der Waals surface area (Å²) < 4.78 is 90.4. The Labute approximate surface area is 244 Å². The average molecular weight is 617 g/mol. The average Bonchev–Trinajstić information content (AvgIpc) is 3.28. The SMILES string of the molecule is COc1ccc(CN2Cc3nc(-c4c(F)cccc4F)cc(Cc4ccc(NS(=O)(=O)C(F)F)cn4)c3C2=O)c(OC)c1. The number of pyridine rings is 2. The van der Waals surface area contributed by atoms with Gasteiger partial charge in [-0.15, -0.1) is 0 Å². The van der Waals surface area contributed by atoms with Crippen molar-refractivity contribution in [3.05, 3.63) is 101 Å². The highest BCUT2D eigenvalue weighted by Crippen LogP contribution is 2.34. The summed E-state index contributed by atoms with van der Waals surface area (Å²) in [6.45, 7) is 0.185. The molecule has 0 saturated heterocycles. The number of sulfonamides is 1. The second-order valence-corrected chi connectivity index (χ2v) is 11.2. The molecule has 1 N–H and O–H groups in total. The molecule has 0 unspecified atom stereocenters. The fourth-order valence-electron chi connectivity index (χ4n) is 4.76. The fraction of sp³-hybridized carbons (Fsp3) is 0.207. The molecule has 1 amide bonds. The summed E-state index contributed by atoms with van der Waals surface area (Å²) in [5.74, 6) is -4.62. The molecule has 1 aliphatic heterocycles. The van der Waals surface area contributed by atoms with Gasteiger partial charge in [-0.05, 0) is 48.0 Å². The van der Waals surface area contributed by atoms with Gasteiger partial charge in [0.2, 0.25) is 0 Å². The van der Waals surface area contributed by atoms with Crippen LogP contribution in [0.3, 0.4) is 0 Å². The molecule has 0 saturated carbocycles. The minimum atomic E-state index is -4.89. The highest BCUT2D eigenvalue weighted by Gasteiger charge is 2.33. The highest BCUT2D eigenvalue weighted by atomic mass is 32.2. The van der Waals surface area contributed by atoms with E-state index in [4.69, 9.17) is 9.47 Å². The van der Waals surface area contributed by atoms with Crippen molar-refractivity contribution in [3.63, 3.8) is 0 Å². The summed E-state index contributed by atoms with van der Waals surface area (Å²) in [6, 6.07) is 12.6. The van der Waals surface area contributed by atoms with Crippen molar-refractivity contribution in [2.24, 2.45) is 0 Å². The quantitative estimate of drug-likeness (QED) is 0.246. The van der Waals surface area contributed by atoms with Gasteiger partial charge in [0.05, 0.1) is 61.7 Å². The predicted octanol–water partition coefficient (Wildman–Crippen LogP) is 5.15. The number of fused-ring (bicyclic) bond motifs is 1. The molecule has 4 aromatic rings. The van der Waals surface area contributed by atoms with E-state index in [2.05, 4.69) is 9.97 Å². The number of amides is 1. The summed E-state index contributed by atoms with van der Waals surface area (Å²) in [5, 5.41) is 0. The number of anilines is 1. The van der Waals surface area contributed by atoms with Crippen LogP contribution in [0.5, 0.6) is 11.5 Å². The van der Waals surface area contributed by atoms with Crippen molar-refractivity contribution < 1.29 is 40.2 Å². The molecule has 0 aliphatic carbocycles. The van der Waals surface area contributed by atoms with Crippen LogP contribution in [0.25, 0.3) is 11.3 Å². The number of aromatic nitrogens is 2. The van der Waals surface area contributed by atoms with Gasteiger partial charge in [-0.25, -0.2) is 22.2 Å². The molecule has 9 nitrogen and oxygen atoms in total. The van der Waals surface area contributed by atoms with Crippen LogP contribution in [-0.2, 0) is 29.5 Å². The molecule has 224 valence electrons. The van der Waals surface area contributed by atoms with E-state index in [1.165, 1.54) is 43.4 Å². The lowest BCUT2D eigenvalue weighted by Crippen LogP contribution is -2.24. The Hall–Kier alpha value is -4.72. The third-order valence-corrected chi connectivity index (χ3v) is 7.77. The van der Waals surface area contributed by atoms with E-state index in [0.717, 1.165) is 18.3 Å². The Bertz CT molecular complexity index is 1780. The number of carbonyl (C=O) groups excluding carboxylic acids is 1. The second-order valence-electron chi connectivity index (χ2n) is 9.55. The maximum absolute atomic E-state index is 14.8. The van der Waals surface area contributed by atoms with Crippen molar-refractivity contribution in [3.8, 4) is 22.8 Å². The molecule has 1 aliphatic rings. The Balaban J connectivity index is 1.52. The molecule has 0 spiro atoms. The van der Waals surface area contributed by atoms with E-state index < -0.39 is 27.4 Å². The monoisotopic (exact) mass is 616 g/mol. The molecule has 0 fully saturated rings. The van der Waals surface area contributed by atoms with E-state index >= 15 is 0 Å². The Morgan fingerprint density at radius 2 is 1.72 bits per heavy atom. The first-order chi connectivity index (χ1) is 20.5. The number of methoxy groups -OCH3 is 2. The fourth-order valence-corrected chi connectivity index (χ4v) is 5.30. The zero-order valence-corrected chi connectivity index (χ0v) is 23.6. The largest absolute Gasteiger partial charge is 0.497 e. The third-order valence-electron chi connectivity index (χ3n) is 6.78. The normalized spacial score (nSPS) is 12.9. The van der Waals surface area contributed by atoms with Crippen LogP contribution in [0.1, 0.15) is 32.9 Å². The number of alkyl halides is 2. The molecule has 0 bridgehead atoms. The smallest absolute Gasteiger partial charge is 0.355 e. The number of rotatable bonds is 10. The van der Waals surface area contributed by atoms with Crippen molar-refractivity contribution >= 4 is 21.6 Å². The standard InChI is InChI=1S/C29H24F4N4O5S/c1-41-20-9-6-16(25(12-20)42-2)14-37-15-24-26(28(37)38)17(11-23(35-24)27-21(30)4-3-5-22(27)31)10-18-7-8-19(13-34-18)36-43(39,40)29(32)33/h3-9,11-13,29,36H,10,14-15H2,1-2H3. The number of halogens is 4. The first kappa shape index (κ1) is 29.8. The molecule has 0 radical (unpaired) electrons. The predicted molar refractivity (Wildman–Crippen MR) is 148 cm³/mol. The Kier molecular flexibility index (Phi) is 8.22. The van der Waals surface area contributed by atoms with Crippen LogP contribution >= 0.6 is 0 Å². The van der Waals surface area contributed by atoms with Crippen LogP contribution < -0.4 is 14.2 Å². The zero-order valence-electron chi connectivity index (χ0n) is 22.8. The molecular formula is C29H24F4N4O5S.